The van der Waals surface area contributed by atoms with Gasteiger partial charge in [-0.25, -0.2) is 9.97 Å². The Labute approximate surface area is 174 Å². The van der Waals surface area contributed by atoms with Gasteiger partial charge in [0.1, 0.15) is 5.82 Å². The Morgan fingerprint density at radius 3 is 2.83 bits per heavy atom. The van der Waals surface area contributed by atoms with Crippen LogP contribution < -0.4 is 9.47 Å². The van der Waals surface area contributed by atoms with Crippen LogP contribution in [0.25, 0.3) is 10.9 Å². The highest BCUT2D eigenvalue weighted by Gasteiger charge is 2.18. The van der Waals surface area contributed by atoms with Gasteiger partial charge in [-0.1, -0.05) is 29.8 Å². The molecule has 0 fully saturated rings. The van der Waals surface area contributed by atoms with E-state index in [2.05, 4.69) is 9.97 Å². The first-order valence-electron chi connectivity index (χ1n) is 9.55. The van der Waals surface area contributed by atoms with Crippen molar-refractivity contribution >= 4 is 28.4 Å². The minimum Gasteiger partial charge on any atom is -0.489 e. The van der Waals surface area contributed by atoms with E-state index in [0.717, 1.165) is 28.6 Å². The maximum absolute atomic E-state index is 12.8. The fraction of sp³-hybridized carbons (Fsp3) is 0.318. The number of carbonyl (C=O) groups excluding carboxylic acids is 1. The summed E-state index contributed by atoms with van der Waals surface area (Å²) in [5.41, 5.74) is 2.57. The molecule has 6 nitrogen and oxygen atoms in total. The molecule has 0 spiro atoms. The normalized spacial score (nSPS) is 13.2. The zero-order valence-electron chi connectivity index (χ0n) is 16.4. The number of benzene rings is 2. The number of hydrogen-bond acceptors (Lipinski definition) is 5. The van der Waals surface area contributed by atoms with Crippen LogP contribution in [0.2, 0.25) is 5.02 Å². The molecule has 1 aromatic heterocycles. The molecule has 0 saturated carbocycles. The second-order valence-electron chi connectivity index (χ2n) is 7.12. The van der Waals surface area contributed by atoms with Crippen LogP contribution in [0.1, 0.15) is 23.5 Å². The number of carbonyl (C=O) groups is 1. The van der Waals surface area contributed by atoms with Gasteiger partial charge in [0.05, 0.1) is 36.7 Å². The van der Waals surface area contributed by atoms with E-state index in [1.165, 1.54) is 0 Å². The fourth-order valence-electron chi connectivity index (χ4n) is 3.36. The molecule has 7 heteroatoms. The lowest BCUT2D eigenvalue weighted by Crippen LogP contribution is -2.28. The summed E-state index contributed by atoms with van der Waals surface area (Å²) in [7, 11) is 1.75. The monoisotopic (exact) mass is 411 g/mol. The molecule has 1 aliphatic heterocycles. The highest BCUT2D eigenvalue weighted by Crippen LogP contribution is 2.38. The maximum Gasteiger partial charge on any atom is 0.227 e. The molecular weight excluding hydrogens is 390 g/mol. The second kappa shape index (κ2) is 8.25. The molecule has 1 amide bonds. The fourth-order valence-corrected chi connectivity index (χ4v) is 3.65. The van der Waals surface area contributed by atoms with E-state index in [0.29, 0.717) is 42.1 Å². The van der Waals surface area contributed by atoms with Crippen LogP contribution in [-0.4, -0.2) is 41.0 Å². The Hall–Kier alpha value is -2.86. The number of halogens is 1. The maximum atomic E-state index is 12.8. The van der Waals surface area contributed by atoms with Crippen molar-refractivity contribution in [2.75, 3.05) is 20.3 Å². The van der Waals surface area contributed by atoms with Crippen molar-refractivity contribution in [1.82, 2.24) is 14.9 Å². The Morgan fingerprint density at radius 2 is 1.97 bits per heavy atom. The van der Waals surface area contributed by atoms with Crippen LogP contribution in [0.3, 0.4) is 0 Å². The van der Waals surface area contributed by atoms with E-state index in [-0.39, 0.29) is 12.3 Å². The molecule has 4 rings (SSSR count). The van der Waals surface area contributed by atoms with E-state index in [9.17, 15) is 4.79 Å². The van der Waals surface area contributed by atoms with Crippen LogP contribution in [-0.2, 0) is 17.8 Å². The first-order chi connectivity index (χ1) is 14.0. The summed E-state index contributed by atoms with van der Waals surface area (Å²) in [6.07, 6.45) is 1.01. The Balaban J connectivity index is 1.49. The third-order valence-electron chi connectivity index (χ3n) is 4.86. The van der Waals surface area contributed by atoms with E-state index in [1.54, 1.807) is 18.0 Å². The van der Waals surface area contributed by atoms with E-state index >= 15 is 0 Å². The van der Waals surface area contributed by atoms with E-state index in [4.69, 9.17) is 21.1 Å². The van der Waals surface area contributed by atoms with Gasteiger partial charge in [-0.15, -0.1) is 0 Å². The molecule has 0 radical (unpaired) electrons. The van der Waals surface area contributed by atoms with Crippen molar-refractivity contribution in [3.05, 3.63) is 58.5 Å². The number of para-hydroxylation sites is 1. The molecule has 0 atom stereocenters. The number of fused-ring (bicyclic) bond motifs is 2. The summed E-state index contributed by atoms with van der Waals surface area (Å²) in [4.78, 5) is 23.5. The zero-order valence-corrected chi connectivity index (χ0v) is 17.2. The lowest BCUT2D eigenvalue weighted by molar-refractivity contribution is -0.129. The predicted molar refractivity (Wildman–Crippen MR) is 112 cm³/mol. The van der Waals surface area contributed by atoms with Gasteiger partial charge in [-0.2, -0.15) is 0 Å². The van der Waals surface area contributed by atoms with Crippen molar-refractivity contribution in [3.63, 3.8) is 0 Å². The molecule has 2 heterocycles. The molecule has 29 heavy (non-hydrogen) atoms. The molecule has 0 unspecified atom stereocenters. The molecule has 150 valence electrons. The van der Waals surface area contributed by atoms with Gasteiger partial charge in [-0.3, -0.25) is 4.79 Å². The van der Waals surface area contributed by atoms with Gasteiger partial charge in [0.2, 0.25) is 5.91 Å². The third kappa shape index (κ3) is 4.27. The number of ether oxygens (including phenoxy) is 2. The number of aromatic nitrogens is 2. The molecule has 2 aromatic carbocycles. The Bertz CT molecular complexity index is 1070. The standard InChI is InChI=1S/C22H22ClN3O3/c1-14-16-6-3-4-7-18(16)25-20(24-14)13-26(2)21(27)12-15-10-17(23)22-19(11-15)28-8-5-9-29-22/h3-4,6-7,10-11H,5,8-9,12-13H2,1-2H3. The average molecular weight is 412 g/mol. The van der Waals surface area contributed by atoms with E-state index < -0.39 is 0 Å². The minimum atomic E-state index is -0.0510. The summed E-state index contributed by atoms with van der Waals surface area (Å²) in [5, 5.41) is 1.48. The molecule has 0 aliphatic carbocycles. The first kappa shape index (κ1) is 19.5. The minimum absolute atomic E-state index is 0.0510. The van der Waals surface area contributed by atoms with Gasteiger partial charge in [0.15, 0.2) is 11.5 Å². The summed E-state index contributed by atoms with van der Waals surface area (Å²) >= 11 is 6.34. The average Bonchev–Trinajstić information content (AvgIpc) is 2.94. The predicted octanol–water partition coefficient (Wildman–Crippen LogP) is 3.95. The molecule has 1 aliphatic rings. The van der Waals surface area contributed by atoms with Crippen molar-refractivity contribution in [1.29, 1.82) is 0 Å². The van der Waals surface area contributed by atoms with Crippen molar-refractivity contribution in [2.45, 2.75) is 26.3 Å². The van der Waals surface area contributed by atoms with Gasteiger partial charge < -0.3 is 14.4 Å². The number of hydrogen-bond donors (Lipinski definition) is 0. The van der Waals surface area contributed by atoms with Crippen LogP contribution in [0.15, 0.2) is 36.4 Å². The lowest BCUT2D eigenvalue weighted by atomic mass is 10.1. The van der Waals surface area contributed by atoms with E-state index in [1.807, 2.05) is 37.3 Å². The number of nitrogens with zero attached hydrogens (tertiary/aromatic N) is 3. The third-order valence-corrected chi connectivity index (χ3v) is 5.14. The lowest BCUT2D eigenvalue weighted by Gasteiger charge is -2.18. The van der Waals surface area contributed by atoms with Gasteiger partial charge >= 0.3 is 0 Å². The van der Waals surface area contributed by atoms with Crippen LogP contribution >= 0.6 is 11.6 Å². The molecular formula is C22H22ClN3O3. The number of rotatable bonds is 4. The second-order valence-corrected chi connectivity index (χ2v) is 7.53. The highest BCUT2D eigenvalue weighted by molar-refractivity contribution is 6.32. The summed E-state index contributed by atoms with van der Waals surface area (Å²) in [6.45, 7) is 3.43. The van der Waals surface area contributed by atoms with Crippen LogP contribution in [0.5, 0.6) is 11.5 Å². The SMILES string of the molecule is Cc1nc(CN(C)C(=O)Cc2cc(Cl)c3c(c2)OCCCO3)nc2ccccc12. The van der Waals surface area contributed by atoms with Crippen molar-refractivity contribution in [2.24, 2.45) is 0 Å². The summed E-state index contributed by atoms with van der Waals surface area (Å²) in [5.74, 6) is 1.71. The molecule has 0 bridgehead atoms. The molecule has 3 aromatic rings. The number of amides is 1. The van der Waals surface area contributed by atoms with Gasteiger partial charge in [0.25, 0.3) is 0 Å². The molecule has 0 saturated heterocycles. The molecule has 0 N–H and O–H groups in total. The highest BCUT2D eigenvalue weighted by atomic mass is 35.5. The van der Waals surface area contributed by atoms with Crippen LogP contribution in [0.4, 0.5) is 0 Å². The summed E-state index contributed by atoms with van der Waals surface area (Å²) in [6, 6.07) is 11.5. The first-order valence-corrected chi connectivity index (χ1v) is 9.93. The summed E-state index contributed by atoms with van der Waals surface area (Å²) < 4.78 is 11.4. The van der Waals surface area contributed by atoms with Crippen LogP contribution in [0, 0.1) is 6.92 Å². The largest absolute Gasteiger partial charge is 0.489 e. The van der Waals surface area contributed by atoms with Crippen molar-refractivity contribution < 1.29 is 14.3 Å². The number of aryl methyl sites for hydroxylation is 1. The Kier molecular flexibility index (Phi) is 5.53. The smallest absolute Gasteiger partial charge is 0.227 e. The van der Waals surface area contributed by atoms with Crippen molar-refractivity contribution in [3.8, 4) is 11.5 Å². The Morgan fingerprint density at radius 1 is 1.17 bits per heavy atom. The zero-order chi connectivity index (χ0) is 20.4. The topological polar surface area (TPSA) is 64.6 Å². The van der Waals surface area contributed by atoms with Gasteiger partial charge in [0, 0.05) is 24.5 Å². The number of likely N-dealkylation sites (N-methyl/N-ethyl adjacent to an activating group) is 1. The van der Waals surface area contributed by atoms with Gasteiger partial charge in [-0.05, 0) is 30.7 Å². The quantitative estimate of drug-likeness (QED) is 0.650.